The third kappa shape index (κ3) is 3.30. The maximum Gasteiger partial charge on any atom is 0.293 e. The van der Waals surface area contributed by atoms with Crippen molar-refractivity contribution in [3.63, 3.8) is 0 Å². The van der Waals surface area contributed by atoms with Gasteiger partial charge in [0.1, 0.15) is 5.82 Å². The first-order valence-corrected chi connectivity index (χ1v) is 7.99. The van der Waals surface area contributed by atoms with E-state index in [0.717, 1.165) is 16.7 Å². The summed E-state index contributed by atoms with van der Waals surface area (Å²) in [4.78, 5) is 25.8. The van der Waals surface area contributed by atoms with Crippen LogP contribution in [-0.2, 0) is 11.3 Å². The highest BCUT2D eigenvalue weighted by Gasteiger charge is 2.35. The first-order chi connectivity index (χ1) is 11.1. The number of rotatable bonds is 3. The second-order valence-electron chi connectivity index (χ2n) is 4.88. The summed E-state index contributed by atoms with van der Waals surface area (Å²) in [5, 5.41) is 0.0992. The van der Waals surface area contributed by atoms with Crippen molar-refractivity contribution in [1.82, 2.24) is 4.90 Å². The zero-order valence-electron chi connectivity index (χ0n) is 11.8. The van der Waals surface area contributed by atoms with Gasteiger partial charge in [-0.15, -0.1) is 0 Å². The monoisotopic (exact) mass is 347 g/mol. The van der Waals surface area contributed by atoms with Crippen molar-refractivity contribution in [3.05, 3.63) is 75.4 Å². The van der Waals surface area contributed by atoms with Crippen LogP contribution in [0.25, 0.3) is 6.08 Å². The molecule has 0 bridgehead atoms. The summed E-state index contributed by atoms with van der Waals surface area (Å²) in [6, 6.07) is 13.1. The van der Waals surface area contributed by atoms with Gasteiger partial charge in [0.05, 0.1) is 11.4 Å². The van der Waals surface area contributed by atoms with Crippen molar-refractivity contribution >= 4 is 40.6 Å². The molecule has 0 aromatic heterocycles. The van der Waals surface area contributed by atoms with E-state index in [9.17, 15) is 14.0 Å². The number of imide groups is 1. The van der Waals surface area contributed by atoms with E-state index >= 15 is 0 Å². The number of hydrogen-bond acceptors (Lipinski definition) is 3. The quantitative estimate of drug-likeness (QED) is 0.754. The lowest BCUT2D eigenvalue weighted by Crippen LogP contribution is -2.27. The molecule has 1 aliphatic heterocycles. The Balaban J connectivity index is 1.86. The smallest absolute Gasteiger partial charge is 0.268 e. The van der Waals surface area contributed by atoms with Crippen LogP contribution >= 0.6 is 23.4 Å². The largest absolute Gasteiger partial charge is 0.293 e. The lowest BCUT2D eigenvalue weighted by molar-refractivity contribution is -0.123. The lowest BCUT2D eigenvalue weighted by atomic mass is 10.2. The van der Waals surface area contributed by atoms with Crippen LogP contribution in [0.4, 0.5) is 9.18 Å². The molecule has 2 amide bonds. The van der Waals surface area contributed by atoms with Crippen molar-refractivity contribution in [1.29, 1.82) is 0 Å². The molecule has 2 aromatic carbocycles. The van der Waals surface area contributed by atoms with Crippen molar-refractivity contribution in [3.8, 4) is 0 Å². The van der Waals surface area contributed by atoms with E-state index in [2.05, 4.69) is 0 Å². The highest BCUT2D eigenvalue weighted by molar-refractivity contribution is 8.18. The topological polar surface area (TPSA) is 37.4 Å². The minimum absolute atomic E-state index is 0.0962. The summed E-state index contributed by atoms with van der Waals surface area (Å²) < 4.78 is 13.7. The van der Waals surface area contributed by atoms with Crippen LogP contribution in [0.5, 0.6) is 0 Å². The van der Waals surface area contributed by atoms with Gasteiger partial charge >= 0.3 is 0 Å². The van der Waals surface area contributed by atoms with Crippen molar-refractivity contribution in [2.45, 2.75) is 6.54 Å². The van der Waals surface area contributed by atoms with E-state index in [1.165, 1.54) is 12.1 Å². The number of amides is 2. The lowest BCUT2D eigenvalue weighted by Gasteiger charge is -2.13. The molecule has 6 heteroatoms. The van der Waals surface area contributed by atoms with Gasteiger partial charge in [-0.2, -0.15) is 0 Å². The van der Waals surface area contributed by atoms with Crippen LogP contribution in [0.1, 0.15) is 11.1 Å². The average molecular weight is 348 g/mol. The fraction of sp³-hybridized carbons (Fsp3) is 0.0588. The van der Waals surface area contributed by atoms with E-state index in [1.54, 1.807) is 42.5 Å². The first kappa shape index (κ1) is 15.8. The Labute approximate surface area is 141 Å². The average Bonchev–Trinajstić information content (AvgIpc) is 2.79. The number of nitrogens with zero attached hydrogens (tertiary/aromatic N) is 1. The maximum absolute atomic E-state index is 13.7. The normalized spacial score (nSPS) is 16.4. The minimum Gasteiger partial charge on any atom is -0.268 e. The fourth-order valence-corrected chi connectivity index (χ4v) is 3.19. The summed E-state index contributed by atoms with van der Waals surface area (Å²) >= 11 is 6.86. The molecule has 0 spiro atoms. The first-order valence-electron chi connectivity index (χ1n) is 6.79. The molecule has 1 fully saturated rings. The summed E-state index contributed by atoms with van der Waals surface area (Å²) in [5.41, 5.74) is 0.958. The molecule has 1 aliphatic rings. The van der Waals surface area contributed by atoms with Crippen molar-refractivity contribution in [2.75, 3.05) is 0 Å². The highest BCUT2D eigenvalue weighted by Crippen LogP contribution is 2.34. The molecule has 0 N–H and O–H groups in total. The number of benzene rings is 2. The van der Waals surface area contributed by atoms with Gasteiger partial charge in [0.25, 0.3) is 11.1 Å². The van der Waals surface area contributed by atoms with Gasteiger partial charge in [-0.3, -0.25) is 14.5 Å². The van der Waals surface area contributed by atoms with Gasteiger partial charge in [-0.25, -0.2) is 4.39 Å². The second-order valence-corrected chi connectivity index (χ2v) is 6.28. The molecule has 23 heavy (non-hydrogen) atoms. The second kappa shape index (κ2) is 6.56. The van der Waals surface area contributed by atoms with Gasteiger partial charge in [-0.05, 0) is 35.5 Å². The summed E-state index contributed by atoms with van der Waals surface area (Å²) in [6.07, 6.45) is 1.40. The Kier molecular flexibility index (Phi) is 4.50. The molecule has 0 unspecified atom stereocenters. The minimum atomic E-state index is -0.442. The number of carbonyl (C=O) groups is 2. The molecule has 1 saturated heterocycles. The van der Waals surface area contributed by atoms with Crippen LogP contribution in [0, 0.1) is 5.82 Å². The summed E-state index contributed by atoms with van der Waals surface area (Å²) in [5.74, 6) is -0.881. The predicted molar refractivity (Wildman–Crippen MR) is 89.4 cm³/mol. The zero-order valence-corrected chi connectivity index (χ0v) is 13.4. The molecule has 3 nitrogen and oxygen atoms in total. The van der Waals surface area contributed by atoms with Gasteiger partial charge < -0.3 is 0 Å². The number of carbonyl (C=O) groups excluding carboxylic acids is 2. The van der Waals surface area contributed by atoms with Gasteiger partial charge in [0, 0.05) is 10.6 Å². The molecule has 2 aromatic rings. The fourth-order valence-electron chi connectivity index (χ4n) is 2.17. The molecular formula is C17H11ClFNO2S. The molecule has 3 rings (SSSR count). The van der Waals surface area contributed by atoms with Crippen LogP contribution in [0.3, 0.4) is 0 Å². The Morgan fingerprint density at radius 2 is 1.78 bits per heavy atom. The van der Waals surface area contributed by atoms with Crippen LogP contribution in [0.15, 0.2) is 53.4 Å². The SMILES string of the molecule is O=C1S/C(=C\c2ccccc2F)C(=O)N1Cc1ccccc1Cl. The van der Waals surface area contributed by atoms with E-state index in [4.69, 9.17) is 11.6 Å². The van der Waals surface area contributed by atoms with Gasteiger partial charge in [0.2, 0.25) is 0 Å². The molecule has 0 atom stereocenters. The van der Waals surface area contributed by atoms with E-state index in [-0.39, 0.29) is 17.0 Å². The summed E-state index contributed by atoms with van der Waals surface area (Å²) in [6.45, 7) is 0.0962. The molecule has 0 radical (unpaired) electrons. The Morgan fingerprint density at radius 1 is 1.09 bits per heavy atom. The summed E-state index contributed by atoms with van der Waals surface area (Å²) in [7, 11) is 0. The molecule has 0 aliphatic carbocycles. The number of hydrogen-bond donors (Lipinski definition) is 0. The molecule has 1 heterocycles. The third-order valence-corrected chi connectivity index (χ3v) is 4.63. The van der Waals surface area contributed by atoms with Crippen LogP contribution in [0.2, 0.25) is 5.02 Å². The van der Waals surface area contributed by atoms with Crippen LogP contribution in [-0.4, -0.2) is 16.0 Å². The van der Waals surface area contributed by atoms with Crippen molar-refractivity contribution in [2.24, 2.45) is 0 Å². The number of thioether (sulfide) groups is 1. The van der Waals surface area contributed by atoms with E-state index in [0.29, 0.717) is 10.6 Å². The highest BCUT2D eigenvalue weighted by atomic mass is 35.5. The Morgan fingerprint density at radius 3 is 2.52 bits per heavy atom. The maximum atomic E-state index is 13.7. The molecular weight excluding hydrogens is 337 g/mol. The number of halogens is 2. The zero-order chi connectivity index (χ0) is 16.4. The van der Waals surface area contributed by atoms with Crippen molar-refractivity contribution < 1.29 is 14.0 Å². The van der Waals surface area contributed by atoms with Gasteiger partial charge in [-0.1, -0.05) is 48.0 Å². The molecule has 116 valence electrons. The third-order valence-electron chi connectivity index (χ3n) is 3.35. The Bertz CT molecular complexity index is 822. The Hall–Kier alpha value is -2.11. The van der Waals surface area contributed by atoms with E-state index in [1.807, 2.05) is 0 Å². The predicted octanol–water partition coefficient (Wildman–Crippen LogP) is 4.72. The standard InChI is InChI=1S/C17H11ClFNO2S/c18-13-7-3-1-6-12(13)10-20-16(21)15(23-17(20)22)9-11-5-2-4-8-14(11)19/h1-9H,10H2/b15-9-. The van der Waals surface area contributed by atoms with Gasteiger partial charge in [0.15, 0.2) is 0 Å². The molecule has 0 saturated carbocycles. The van der Waals surface area contributed by atoms with Crippen LogP contribution < -0.4 is 0 Å². The van der Waals surface area contributed by atoms with E-state index < -0.39 is 17.0 Å².